The van der Waals surface area contributed by atoms with Crippen molar-refractivity contribution in [2.24, 2.45) is 0 Å². The summed E-state index contributed by atoms with van der Waals surface area (Å²) in [7, 11) is 0. The molecule has 0 fully saturated rings. The number of aliphatic carboxylic acids is 2. The summed E-state index contributed by atoms with van der Waals surface area (Å²) in [5.41, 5.74) is 1.44. The molecule has 0 bridgehead atoms. The van der Waals surface area contributed by atoms with Crippen LogP contribution in [-0.2, 0) is 32.1 Å². The van der Waals surface area contributed by atoms with Crippen LogP contribution < -0.4 is 10.6 Å². The van der Waals surface area contributed by atoms with E-state index in [0.29, 0.717) is 5.56 Å². The van der Waals surface area contributed by atoms with Crippen LogP contribution in [0.15, 0.2) is 60.7 Å². The van der Waals surface area contributed by atoms with Crippen LogP contribution in [0, 0.1) is 0 Å². The Morgan fingerprint density at radius 2 is 1.38 bits per heavy atom. The van der Waals surface area contributed by atoms with Gasteiger partial charge in [-0.25, -0.2) is 9.59 Å². The quantitative estimate of drug-likeness (QED) is 0.417. The predicted octanol–water partition coefficient (Wildman–Crippen LogP) is 2.59. The minimum Gasteiger partial charge on any atom is -0.481 e. The number of carbonyl (C=O) groups excluding carboxylic acids is 2. The van der Waals surface area contributed by atoms with E-state index in [1.807, 2.05) is 6.07 Å². The van der Waals surface area contributed by atoms with Gasteiger partial charge in [-0.15, -0.1) is 0 Å². The minimum absolute atomic E-state index is 0. The third-order valence-corrected chi connectivity index (χ3v) is 4.37. The van der Waals surface area contributed by atoms with E-state index in [4.69, 9.17) is 9.84 Å². The Morgan fingerprint density at radius 1 is 0.812 bits per heavy atom. The number of ether oxygens (including phenoxy) is 1. The highest BCUT2D eigenvalue weighted by atomic mass is 16.5. The highest BCUT2D eigenvalue weighted by Crippen LogP contribution is 2.06. The van der Waals surface area contributed by atoms with Gasteiger partial charge in [-0.1, -0.05) is 68.1 Å². The van der Waals surface area contributed by atoms with Crippen LogP contribution in [0.3, 0.4) is 0 Å². The van der Waals surface area contributed by atoms with Gasteiger partial charge in [-0.3, -0.25) is 9.59 Å². The third-order valence-electron chi connectivity index (χ3n) is 4.37. The molecule has 4 N–H and O–H groups in total. The summed E-state index contributed by atoms with van der Waals surface area (Å²) in [6, 6.07) is 15.1. The number of benzene rings is 2. The number of rotatable bonds is 11. The average molecular weight is 444 g/mol. The van der Waals surface area contributed by atoms with Crippen LogP contribution in [0.2, 0.25) is 0 Å². The monoisotopic (exact) mass is 444 g/mol. The fourth-order valence-electron chi connectivity index (χ4n) is 2.77. The minimum atomic E-state index is -1.27. The lowest BCUT2D eigenvalue weighted by Crippen LogP contribution is -2.52. The molecule has 2 rings (SSSR count). The van der Waals surface area contributed by atoms with Crippen molar-refractivity contribution in [3.8, 4) is 0 Å². The maximum absolute atomic E-state index is 12.6. The number of hydrogen-bond donors (Lipinski definition) is 4. The Kier molecular flexibility index (Phi) is 11.0. The second-order valence-corrected chi connectivity index (χ2v) is 6.78. The number of carbonyl (C=O) groups is 4. The Morgan fingerprint density at radius 3 is 1.91 bits per heavy atom. The SMILES string of the molecule is C.O=C(O)CCC(NC(=O)OCc1ccccc1)C(=O)N[C@@H](Cc1ccccc1)C(=O)O. The van der Waals surface area contributed by atoms with E-state index in [1.54, 1.807) is 54.6 Å². The second kappa shape index (κ2) is 13.4. The van der Waals surface area contributed by atoms with E-state index in [0.717, 1.165) is 5.56 Å². The summed E-state index contributed by atoms with van der Waals surface area (Å²) >= 11 is 0. The summed E-state index contributed by atoms with van der Waals surface area (Å²) in [5, 5.41) is 23.1. The number of nitrogens with one attached hydrogen (secondary N) is 2. The number of carboxylic acids is 2. The first-order valence-corrected chi connectivity index (χ1v) is 9.61. The lowest BCUT2D eigenvalue weighted by molar-refractivity contribution is -0.142. The molecule has 0 aliphatic carbocycles. The Balaban J connectivity index is 0.00000512. The lowest BCUT2D eigenvalue weighted by Gasteiger charge is -2.21. The highest BCUT2D eigenvalue weighted by molar-refractivity contribution is 5.89. The van der Waals surface area contributed by atoms with Gasteiger partial charge in [0.2, 0.25) is 5.91 Å². The zero-order valence-electron chi connectivity index (χ0n) is 16.7. The largest absolute Gasteiger partial charge is 0.481 e. The van der Waals surface area contributed by atoms with Gasteiger partial charge in [0, 0.05) is 12.8 Å². The molecule has 0 aliphatic rings. The molecule has 0 radical (unpaired) electrons. The fraction of sp³-hybridized carbons (Fsp3) is 0.304. The number of alkyl carbamates (subject to hydrolysis) is 1. The van der Waals surface area contributed by atoms with Gasteiger partial charge in [-0.2, -0.15) is 0 Å². The van der Waals surface area contributed by atoms with Gasteiger partial charge in [0.25, 0.3) is 0 Å². The molecular weight excluding hydrogens is 416 g/mol. The number of amides is 2. The molecule has 9 nitrogen and oxygen atoms in total. The van der Waals surface area contributed by atoms with Crippen molar-refractivity contribution >= 4 is 23.9 Å². The van der Waals surface area contributed by atoms with Gasteiger partial charge in [0.15, 0.2) is 0 Å². The van der Waals surface area contributed by atoms with Crippen molar-refractivity contribution in [1.82, 2.24) is 10.6 Å². The van der Waals surface area contributed by atoms with Gasteiger partial charge in [0.1, 0.15) is 18.7 Å². The summed E-state index contributed by atoms with van der Waals surface area (Å²) in [5.74, 6) is -3.21. The van der Waals surface area contributed by atoms with Crippen molar-refractivity contribution in [1.29, 1.82) is 0 Å². The van der Waals surface area contributed by atoms with Crippen LogP contribution >= 0.6 is 0 Å². The molecule has 2 amide bonds. The van der Waals surface area contributed by atoms with Gasteiger partial charge < -0.3 is 25.6 Å². The first kappa shape index (κ1) is 26.2. The standard InChI is InChI=1S/C22H24N2O7.CH4/c25-19(26)12-11-17(24-22(30)31-14-16-9-5-2-6-10-16)20(27)23-18(21(28)29)13-15-7-3-1-4-8-15;/h1-10,17-18H,11-14H2,(H,23,27)(H,24,30)(H,25,26)(H,28,29);1H4/t17?,18-;/m0./s1. The van der Waals surface area contributed by atoms with Crippen LogP contribution in [0.25, 0.3) is 0 Å². The molecule has 2 atom stereocenters. The highest BCUT2D eigenvalue weighted by Gasteiger charge is 2.27. The molecule has 172 valence electrons. The number of hydrogen-bond acceptors (Lipinski definition) is 5. The van der Waals surface area contributed by atoms with Crippen molar-refractivity contribution < 1.29 is 34.1 Å². The van der Waals surface area contributed by atoms with E-state index in [1.165, 1.54) is 0 Å². The van der Waals surface area contributed by atoms with Crippen molar-refractivity contribution in [3.63, 3.8) is 0 Å². The maximum Gasteiger partial charge on any atom is 0.408 e. The maximum atomic E-state index is 12.6. The van der Waals surface area contributed by atoms with E-state index in [9.17, 15) is 24.3 Å². The van der Waals surface area contributed by atoms with Gasteiger partial charge in [0.05, 0.1) is 0 Å². The second-order valence-electron chi connectivity index (χ2n) is 6.78. The molecule has 2 aromatic carbocycles. The molecule has 1 unspecified atom stereocenters. The molecule has 0 aromatic heterocycles. The Labute approximate surface area is 186 Å². The Bertz CT molecular complexity index is 888. The van der Waals surface area contributed by atoms with Crippen LogP contribution in [0.1, 0.15) is 31.4 Å². The summed E-state index contributed by atoms with van der Waals surface area (Å²) in [6.45, 7) is -0.0360. The fourth-order valence-corrected chi connectivity index (χ4v) is 2.77. The molecule has 0 heterocycles. The van der Waals surface area contributed by atoms with E-state index < -0.39 is 42.4 Å². The zero-order valence-corrected chi connectivity index (χ0v) is 16.7. The van der Waals surface area contributed by atoms with E-state index >= 15 is 0 Å². The Hall–Kier alpha value is -3.88. The van der Waals surface area contributed by atoms with Crippen LogP contribution in [0.5, 0.6) is 0 Å². The first-order valence-electron chi connectivity index (χ1n) is 9.61. The number of carboxylic acid groups (broad SMARTS) is 2. The summed E-state index contributed by atoms with van der Waals surface area (Å²) in [6.07, 6.45) is -1.50. The summed E-state index contributed by atoms with van der Waals surface area (Å²) < 4.78 is 5.07. The first-order chi connectivity index (χ1) is 14.8. The average Bonchev–Trinajstić information content (AvgIpc) is 2.75. The van der Waals surface area contributed by atoms with E-state index in [2.05, 4.69) is 10.6 Å². The smallest absolute Gasteiger partial charge is 0.408 e. The van der Waals surface area contributed by atoms with Crippen molar-refractivity contribution in [2.75, 3.05) is 0 Å². The van der Waals surface area contributed by atoms with Gasteiger partial charge >= 0.3 is 18.0 Å². The molecule has 0 spiro atoms. The normalized spacial score (nSPS) is 11.9. The predicted molar refractivity (Wildman–Crippen MR) is 117 cm³/mol. The summed E-state index contributed by atoms with van der Waals surface area (Å²) in [4.78, 5) is 47.3. The lowest BCUT2D eigenvalue weighted by atomic mass is 10.0. The molecule has 0 saturated carbocycles. The van der Waals surface area contributed by atoms with Gasteiger partial charge in [-0.05, 0) is 17.5 Å². The molecular formula is C23H28N2O7. The molecule has 0 aliphatic heterocycles. The molecule has 0 saturated heterocycles. The topological polar surface area (TPSA) is 142 Å². The third kappa shape index (κ3) is 9.29. The van der Waals surface area contributed by atoms with Crippen molar-refractivity contribution in [3.05, 3.63) is 71.8 Å². The molecule has 32 heavy (non-hydrogen) atoms. The molecule has 2 aromatic rings. The van der Waals surface area contributed by atoms with E-state index in [-0.39, 0.29) is 26.9 Å². The van der Waals surface area contributed by atoms with Crippen molar-refractivity contribution in [2.45, 2.75) is 45.4 Å². The molecule has 9 heteroatoms. The zero-order chi connectivity index (χ0) is 22.6. The van der Waals surface area contributed by atoms with Crippen LogP contribution in [-0.4, -0.2) is 46.2 Å². The van der Waals surface area contributed by atoms with Crippen LogP contribution in [0.4, 0.5) is 4.79 Å².